The highest BCUT2D eigenvalue weighted by Gasteiger charge is 2.20. The fourth-order valence-corrected chi connectivity index (χ4v) is 2.79. The van der Waals surface area contributed by atoms with Crippen molar-refractivity contribution in [1.82, 2.24) is 9.80 Å². The van der Waals surface area contributed by atoms with Crippen molar-refractivity contribution < 1.29 is 14.3 Å². The number of carboxylic acids is 1. The molecule has 2 rings (SSSR count). The molecule has 1 aliphatic rings. The molecule has 0 aliphatic carbocycles. The van der Waals surface area contributed by atoms with E-state index in [0.717, 1.165) is 32.7 Å². The molecule has 1 saturated heterocycles. The molecule has 4 nitrogen and oxygen atoms in total. The summed E-state index contributed by atoms with van der Waals surface area (Å²) >= 11 is 0. The molecule has 116 valence electrons. The molecule has 0 atom stereocenters. The Labute approximate surface area is 125 Å². The third-order valence-corrected chi connectivity index (χ3v) is 3.78. The van der Waals surface area contributed by atoms with E-state index < -0.39 is 5.97 Å². The molecule has 0 unspecified atom stereocenters. The van der Waals surface area contributed by atoms with Gasteiger partial charge in [-0.3, -0.25) is 4.90 Å². The van der Waals surface area contributed by atoms with Gasteiger partial charge < -0.3 is 10.0 Å². The summed E-state index contributed by atoms with van der Waals surface area (Å²) in [5, 5.41) is 9.18. The van der Waals surface area contributed by atoms with Gasteiger partial charge in [-0.05, 0) is 29.7 Å². The average molecular weight is 294 g/mol. The van der Waals surface area contributed by atoms with Gasteiger partial charge in [0.1, 0.15) is 5.82 Å². The second-order valence-corrected chi connectivity index (χ2v) is 6.08. The van der Waals surface area contributed by atoms with Crippen molar-refractivity contribution in [3.8, 4) is 0 Å². The first-order chi connectivity index (χ1) is 9.95. The van der Waals surface area contributed by atoms with Gasteiger partial charge in [0.25, 0.3) is 0 Å². The smallest absolute Gasteiger partial charge is 0.336 e. The van der Waals surface area contributed by atoms with Crippen LogP contribution in [-0.2, 0) is 6.54 Å². The molecule has 1 aromatic carbocycles. The average Bonchev–Trinajstić information content (AvgIpc) is 2.40. The molecule has 0 saturated carbocycles. The van der Waals surface area contributed by atoms with E-state index in [1.165, 1.54) is 18.2 Å². The summed E-state index contributed by atoms with van der Waals surface area (Å²) in [4.78, 5) is 15.8. The molecule has 1 aliphatic heterocycles. The minimum Gasteiger partial charge on any atom is -0.478 e. The van der Waals surface area contributed by atoms with Gasteiger partial charge in [0.2, 0.25) is 0 Å². The number of nitrogens with zero attached hydrogens (tertiary/aromatic N) is 2. The Hall–Kier alpha value is -1.46. The molecule has 21 heavy (non-hydrogen) atoms. The molecule has 0 spiro atoms. The van der Waals surface area contributed by atoms with Crippen molar-refractivity contribution >= 4 is 5.97 Å². The molecule has 1 N–H and O–H groups in total. The van der Waals surface area contributed by atoms with Crippen molar-refractivity contribution in [2.45, 2.75) is 20.4 Å². The summed E-state index contributed by atoms with van der Waals surface area (Å²) in [7, 11) is 0. The molecule has 0 aromatic heterocycles. The summed E-state index contributed by atoms with van der Waals surface area (Å²) in [6, 6.07) is 3.89. The first-order valence-electron chi connectivity index (χ1n) is 7.42. The fraction of sp³-hybridized carbons (Fsp3) is 0.562. The Bertz CT molecular complexity index is 497. The molecule has 0 amide bonds. The number of hydrogen-bond donors (Lipinski definition) is 1. The molecular weight excluding hydrogens is 271 g/mol. The number of aromatic carboxylic acids is 1. The first kappa shape index (κ1) is 15.9. The molecule has 1 heterocycles. The summed E-state index contributed by atoms with van der Waals surface area (Å²) in [6.45, 7) is 9.75. The highest BCUT2D eigenvalue weighted by molar-refractivity contribution is 5.89. The first-order valence-corrected chi connectivity index (χ1v) is 7.42. The largest absolute Gasteiger partial charge is 0.478 e. The lowest BCUT2D eigenvalue weighted by Gasteiger charge is -2.35. The van der Waals surface area contributed by atoms with Gasteiger partial charge in [-0.15, -0.1) is 0 Å². The molecule has 1 fully saturated rings. The molecular formula is C16H23FN2O2. The lowest BCUT2D eigenvalue weighted by atomic mass is 10.1. The standard InChI is InChI=1S/C16H23FN2O2/c1-12(2)10-18-5-7-19(8-6-18)11-13-9-14(17)3-4-15(13)16(20)21/h3-4,9,12H,5-8,10-11H2,1-2H3,(H,20,21). The van der Waals surface area contributed by atoms with Gasteiger partial charge in [0.15, 0.2) is 0 Å². The minimum absolute atomic E-state index is 0.195. The molecule has 1 aromatic rings. The van der Waals surface area contributed by atoms with Crippen LogP contribution in [0, 0.1) is 11.7 Å². The van der Waals surface area contributed by atoms with Crippen LogP contribution in [0.3, 0.4) is 0 Å². The van der Waals surface area contributed by atoms with Crippen LogP contribution in [0.4, 0.5) is 4.39 Å². The number of halogens is 1. The van der Waals surface area contributed by atoms with E-state index in [-0.39, 0.29) is 11.4 Å². The third-order valence-electron chi connectivity index (χ3n) is 3.78. The second-order valence-electron chi connectivity index (χ2n) is 6.08. The molecule has 0 bridgehead atoms. The van der Waals surface area contributed by atoms with Crippen molar-refractivity contribution in [3.05, 3.63) is 35.1 Å². The third kappa shape index (κ3) is 4.51. The minimum atomic E-state index is -0.997. The number of benzene rings is 1. The topological polar surface area (TPSA) is 43.8 Å². The van der Waals surface area contributed by atoms with E-state index in [0.29, 0.717) is 18.0 Å². The highest BCUT2D eigenvalue weighted by Crippen LogP contribution is 2.16. The maximum Gasteiger partial charge on any atom is 0.336 e. The maximum atomic E-state index is 13.4. The van der Waals surface area contributed by atoms with Gasteiger partial charge in [0.05, 0.1) is 5.56 Å². The molecule has 0 radical (unpaired) electrons. The van der Waals surface area contributed by atoms with Crippen LogP contribution in [0.15, 0.2) is 18.2 Å². The summed E-state index contributed by atoms with van der Waals surface area (Å²) in [6.07, 6.45) is 0. The zero-order chi connectivity index (χ0) is 15.4. The second kappa shape index (κ2) is 7.00. The predicted molar refractivity (Wildman–Crippen MR) is 79.9 cm³/mol. The number of carboxylic acid groups (broad SMARTS) is 1. The van der Waals surface area contributed by atoms with Gasteiger partial charge in [0, 0.05) is 39.3 Å². The number of carbonyl (C=O) groups is 1. The monoisotopic (exact) mass is 294 g/mol. The number of piperazine rings is 1. The van der Waals surface area contributed by atoms with Crippen LogP contribution >= 0.6 is 0 Å². The van der Waals surface area contributed by atoms with Crippen molar-refractivity contribution in [2.75, 3.05) is 32.7 Å². The number of rotatable bonds is 5. The van der Waals surface area contributed by atoms with Gasteiger partial charge >= 0.3 is 5.97 Å². The maximum absolute atomic E-state index is 13.4. The van der Waals surface area contributed by atoms with Crippen LogP contribution in [-0.4, -0.2) is 53.6 Å². The van der Waals surface area contributed by atoms with Gasteiger partial charge in [-0.2, -0.15) is 0 Å². The zero-order valence-electron chi connectivity index (χ0n) is 12.7. The Morgan fingerprint density at radius 1 is 1.24 bits per heavy atom. The van der Waals surface area contributed by atoms with E-state index in [1.807, 2.05) is 0 Å². The summed E-state index contributed by atoms with van der Waals surface area (Å²) in [5.74, 6) is -0.727. The van der Waals surface area contributed by atoms with E-state index in [2.05, 4.69) is 23.6 Å². The Balaban J connectivity index is 1.97. The van der Waals surface area contributed by atoms with Gasteiger partial charge in [-0.25, -0.2) is 9.18 Å². The van der Waals surface area contributed by atoms with Crippen LogP contribution in [0.1, 0.15) is 29.8 Å². The number of hydrogen-bond acceptors (Lipinski definition) is 3. The lowest BCUT2D eigenvalue weighted by molar-refractivity contribution is 0.0692. The SMILES string of the molecule is CC(C)CN1CCN(Cc2cc(F)ccc2C(=O)O)CC1. The van der Waals surface area contributed by atoms with E-state index in [4.69, 9.17) is 0 Å². The van der Waals surface area contributed by atoms with E-state index >= 15 is 0 Å². The zero-order valence-corrected chi connectivity index (χ0v) is 12.7. The van der Waals surface area contributed by atoms with Crippen LogP contribution in [0.5, 0.6) is 0 Å². The van der Waals surface area contributed by atoms with E-state index in [1.54, 1.807) is 0 Å². The van der Waals surface area contributed by atoms with Crippen molar-refractivity contribution in [3.63, 3.8) is 0 Å². The van der Waals surface area contributed by atoms with Crippen molar-refractivity contribution in [2.24, 2.45) is 5.92 Å². The Kier molecular flexibility index (Phi) is 5.31. The van der Waals surface area contributed by atoms with Gasteiger partial charge in [-0.1, -0.05) is 13.8 Å². The summed E-state index contributed by atoms with van der Waals surface area (Å²) < 4.78 is 13.4. The lowest BCUT2D eigenvalue weighted by Crippen LogP contribution is -2.47. The van der Waals surface area contributed by atoms with Crippen LogP contribution in [0.2, 0.25) is 0 Å². The van der Waals surface area contributed by atoms with Crippen molar-refractivity contribution in [1.29, 1.82) is 0 Å². The highest BCUT2D eigenvalue weighted by atomic mass is 19.1. The normalized spacial score (nSPS) is 17.3. The fourth-order valence-electron chi connectivity index (χ4n) is 2.79. The van der Waals surface area contributed by atoms with Crippen LogP contribution in [0.25, 0.3) is 0 Å². The summed E-state index contributed by atoms with van der Waals surface area (Å²) in [5.41, 5.74) is 0.751. The Morgan fingerprint density at radius 3 is 2.43 bits per heavy atom. The quantitative estimate of drug-likeness (QED) is 0.905. The van der Waals surface area contributed by atoms with Crippen LogP contribution < -0.4 is 0 Å². The molecule has 5 heteroatoms. The van der Waals surface area contributed by atoms with E-state index in [9.17, 15) is 14.3 Å². The predicted octanol–water partition coefficient (Wildman–Crippen LogP) is 2.30. The Morgan fingerprint density at radius 2 is 1.86 bits per heavy atom.